The van der Waals surface area contributed by atoms with Gasteiger partial charge in [0.15, 0.2) is 0 Å². The van der Waals surface area contributed by atoms with Crippen LogP contribution in [0.15, 0.2) is 66.7 Å². The molecule has 2 saturated heterocycles. The van der Waals surface area contributed by atoms with Crippen molar-refractivity contribution in [2.75, 3.05) is 26.7 Å². The van der Waals surface area contributed by atoms with Gasteiger partial charge in [-0.15, -0.1) is 0 Å². The summed E-state index contributed by atoms with van der Waals surface area (Å²) in [6.07, 6.45) is -0.137. The number of rotatable bonds is 4. The summed E-state index contributed by atoms with van der Waals surface area (Å²) in [6, 6.07) is 19.2. The number of benzene rings is 3. The molecule has 0 bridgehead atoms. The third-order valence-electron chi connectivity index (χ3n) is 6.38. The SMILES string of the molecule is COc1ccc(C[C@@H]2NC(=O)[C@H]3CN(C(=O)Oc4cccc5ccccc45)CCN3C2=O)cc1. The molecule has 0 aromatic heterocycles. The van der Waals surface area contributed by atoms with E-state index >= 15 is 0 Å². The maximum absolute atomic E-state index is 13.1. The van der Waals surface area contributed by atoms with Crippen molar-refractivity contribution in [3.8, 4) is 11.5 Å². The van der Waals surface area contributed by atoms with Gasteiger partial charge in [-0.1, -0.05) is 48.5 Å². The van der Waals surface area contributed by atoms with E-state index in [-0.39, 0.29) is 24.9 Å². The summed E-state index contributed by atoms with van der Waals surface area (Å²) >= 11 is 0. The third-order valence-corrected chi connectivity index (χ3v) is 6.38. The van der Waals surface area contributed by atoms with Crippen LogP contribution in [0, 0.1) is 0 Å². The Labute approximate surface area is 197 Å². The van der Waals surface area contributed by atoms with Gasteiger partial charge in [-0.05, 0) is 29.1 Å². The van der Waals surface area contributed by atoms with Crippen molar-refractivity contribution in [1.29, 1.82) is 0 Å². The maximum atomic E-state index is 13.1. The lowest BCUT2D eigenvalue weighted by molar-refractivity contribution is -0.152. The van der Waals surface area contributed by atoms with Gasteiger partial charge in [0.05, 0.1) is 13.7 Å². The van der Waals surface area contributed by atoms with Crippen molar-refractivity contribution in [2.45, 2.75) is 18.5 Å². The highest BCUT2D eigenvalue weighted by Gasteiger charge is 2.44. The zero-order chi connectivity index (χ0) is 23.7. The lowest BCUT2D eigenvalue weighted by atomic mass is 9.98. The maximum Gasteiger partial charge on any atom is 0.415 e. The average Bonchev–Trinajstić information content (AvgIpc) is 2.87. The monoisotopic (exact) mass is 459 g/mol. The quantitative estimate of drug-likeness (QED) is 0.648. The van der Waals surface area contributed by atoms with Crippen molar-refractivity contribution in [2.24, 2.45) is 0 Å². The molecule has 0 saturated carbocycles. The van der Waals surface area contributed by atoms with E-state index in [1.165, 1.54) is 4.90 Å². The molecule has 8 heteroatoms. The second-order valence-corrected chi connectivity index (χ2v) is 8.45. The summed E-state index contributed by atoms with van der Waals surface area (Å²) in [7, 11) is 1.59. The summed E-state index contributed by atoms with van der Waals surface area (Å²) in [5.74, 6) is 0.798. The van der Waals surface area contributed by atoms with Gasteiger partial charge in [-0.25, -0.2) is 4.79 Å². The molecule has 174 valence electrons. The smallest absolute Gasteiger partial charge is 0.415 e. The first-order valence-electron chi connectivity index (χ1n) is 11.2. The van der Waals surface area contributed by atoms with Crippen LogP contribution in [-0.4, -0.2) is 66.5 Å². The first-order chi connectivity index (χ1) is 16.5. The molecule has 3 aromatic carbocycles. The number of carbonyl (C=O) groups is 3. The first kappa shape index (κ1) is 21.8. The number of ether oxygens (including phenoxy) is 2. The molecule has 34 heavy (non-hydrogen) atoms. The molecule has 0 spiro atoms. The van der Waals surface area contributed by atoms with Crippen LogP contribution in [0.2, 0.25) is 0 Å². The van der Waals surface area contributed by atoms with Crippen LogP contribution in [0.1, 0.15) is 5.56 Å². The Hall–Kier alpha value is -4.07. The Morgan fingerprint density at radius 2 is 1.76 bits per heavy atom. The van der Waals surface area contributed by atoms with Crippen LogP contribution in [0.3, 0.4) is 0 Å². The summed E-state index contributed by atoms with van der Waals surface area (Å²) in [6.45, 7) is 0.672. The van der Waals surface area contributed by atoms with Gasteiger partial charge >= 0.3 is 6.09 Å². The fourth-order valence-corrected chi connectivity index (χ4v) is 4.55. The molecule has 0 aliphatic carbocycles. The minimum Gasteiger partial charge on any atom is -0.497 e. The van der Waals surface area contributed by atoms with Crippen LogP contribution < -0.4 is 14.8 Å². The van der Waals surface area contributed by atoms with Gasteiger partial charge in [0, 0.05) is 24.9 Å². The van der Waals surface area contributed by atoms with E-state index in [0.717, 1.165) is 22.1 Å². The molecule has 2 aliphatic heterocycles. The fraction of sp³-hybridized carbons (Fsp3) is 0.269. The van der Waals surface area contributed by atoms with Crippen LogP contribution in [0.5, 0.6) is 11.5 Å². The van der Waals surface area contributed by atoms with E-state index in [2.05, 4.69) is 5.32 Å². The van der Waals surface area contributed by atoms with E-state index in [4.69, 9.17) is 9.47 Å². The molecule has 0 radical (unpaired) electrons. The summed E-state index contributed by atoms with van der Waals surface area (Å²) in [5.41, 5.74) is 0.926. The second kappa shape index (κ2) is 9.05. The highest BCUT2D eigenvalue weighted by Crippen LogP contribution is 2.26. The molecule has 8 nitrogen and oxygen atoms in total. The molecule has 3 amide bonds. The number of amides is 3. The zero-order valence-corrected chi connectivity index (χ0v) is 18.8. The Bertz CT molecular complexity index is 1240. The van der Waals surface area contributed by atoms with Crippen LogP contribution >= 0.6 is 0 Å². The fourth-order valence-electron chi connectivity index (χ4n) is 4.55. The molecule has 1 N–H and O–H groups in total. The molecule has 2 heterocycles. The van der Waals surface area contributed by atoms with Gasteiger partial charge < -0.3 is 24.6 Å². The first-order valence-corrected chi connectivity index (χ1v) is 11.2. The van der Waals surface area contributed by atoms with Crippen LogP contribution in [0.4, 0.5) is 4.79 Å². The van der Waals surface area contributed by atoms with Gasteiger partial charge in [-0.3, -0.25) is 9.59 Å². The molecular weight excluding hydrogens is 434 g/mol. The number of hydrogen-bond donors (Lipinski definition) is 1. The molecule has 5 rings (SSSR count). The number of carbonyl (C=O) groups excluding carboxylic acids is 3. The van der Waals surface area contributed by atoms with E-state index in [1.54, 1.807) is 18.1 Å². The van der Waals surface area contributed by atoms with E-state index in [9.17, 15) is 14.4 Å². The highest BCUT2D eigenvalue weighted by molar-refractivity contribution is 5.98. The largest absolute Gasteiger partial charge is 0.497 e. The van der Waals surface area contributed by atoms with Crippen LogP contribution in [0.25, 0.3) is 10.8 Å². The summed E-state index contributed by atoms with van der Waals surface area (Å²) < 4.78 is 10.8. The molecular formula is C26H25N3O5. The lowest BCUT2D eigenvalue weighted by Gasteiger charge is -2.44. The van der Waals surface area contributed by atoms with Crippen molar-refractivity contribution in [1.82, 2.24) is 15.1 Å². The van der Waals surface area contributed by atoms with Crippen molar-refractivity contribution >= 4 is 28.7 Å². The molecule has 2 atom stereocenters. The number of piperazine rings is 2. The number of fused-ring (bicyclic) bond motifs is 2. The highest BCUT2D eigenvalue weighted by atomic mass is 16.6. The summed E-state index contributed by atoms with van der Waals surface area (Å²) in [4.78, 5) is 41.9. The van der Waals surface area contributed by atoms with Crippen molar-refractivity contribution in [3.05, 3.63) is 72.3 Å². The van der Waals surface area contributed by atoms with Gasteiger partial charge in [0.25, 0.3) is 0 Å². The Kier molecular flexibility index (Phi) is 5.79. The predicted octanol–water partition coefficient (Wildman–Crippen LogP) is 2.60. The average molecular weight is 460 g/mol. The number of nitrogens with zero attached hydrogens (tertiary/aromatic N) is 2. The lowest BCUT2D eigenvalue weighted by Crippen LogP contribution is -2.70. The van der Waals surface area contributed by atoms with Gasteiger partial charge in [0.2, 0.25) is 11.8 Å². The number of hydrogen-bond acceptors (Lipinski definition) is 5. The zero-order valence-electron chi connectivity index (χ0n) is 18.8. The van der Waals surface area contributed by atoms with Crippen molar-refractivity contribution < 1.29 is 23.9 Å². The minimum atomic E-state index is -0.728. The summed E-state index contributed by atoms with van der Waals surface area (Å²) in [5, 5.41) is 4.64. The Morgan fingerprint density at radius 1 is 1.00 bits per heavy atom. The van der Waals surface area contributed by atoms with Gasteiger partial charge in [0.1, 0.15) is 23.6 Å². The van der Waals surface area contributed by atoms with E-state index in [1.807, 2.05) is 60.7 Å². The molecule has 3 aromatic rings. The molecule has 2 fully saturated rings. The minimum absolute atomic E-state index is 0.0937. The van der Waals surface area contributed by atoms with E-state index in [0.29, 0.717) is 18.7 Å². The Balaban J connectivity index is 1.25. The van der Waals surface area contributed by atoms with E-state index < -0.39 is 18.2 Å². The standard InChI is InChI=1S/C26H25N3O5/c1-33-19-11-9-17(10-12-19)15-21-25(31)29-14-13-28(16-22(29)24(30)27-21)26(32)34-23-8-4-6-18-5-2-3-7-20(18)23/h2-12,21-22H,13-16H2,1H3,(H,27,30)/t21-,22+/m0/s1. The molecule has 0 unspecified atom stereocenters. The van der Waals surface area contributed by atoms with Gasteiger partial charge in [-0.2, -0.15) is 0 Å². The second-order valence-electron chi connectivity index (χ2n) is 8.45. The molecule has 2 aliphatic rings. The number of methoxy groups -OCH3 is 1. The predicted molar refractivity (Wildman–Crippen MR) is 126 cm³/mol. The third kappa shape index (κ3) is 4.14. The topological polar surface area (TPSA) is 88.2 Å². The Morgan fingerprint density at radius 3 is 2.56 bits per heavy atom. The normalized spacial score (nSPS) is 20.0. The van der Waals surface area contributed by atoms with Crippen molar-refractivity contribution in [3.63, 3.8) is 0 Å². The van der Waals surface area contributed by atoms with Crippen LogP contribution in [-0.2, 0) is 16.0 Å². The number of nitrogens with one attached hydrogen (secondary N) is 1.